The summed E-state index contributed by atoms with van der Waals surface area (Å²) in [6, 6.07) is 13.4. The zero-order valence-electron chi connectivity index (χ0n) is 8.85. The number of carbonyl (C=O) groups excluding carboxylic acids is 1. The van der Waals surface area contributed by atoms with Gasteiger partial charge in [0.25, 0.3) is 5.91 Å². The normalized spacial score (nSPS) is 9.94. The summed E-state index contributed by atoms with van der Waals surface area (Å²) in [4.78, 5) is 11.8. The molecule has 0 aliphatic carbocycles. The number of aromatic hydroxyl groups is 1. The van der Waals surface area contributed by atoms with Gasteiger partial charge in [-0.1, -0.05) is 29.8 Å². The first-order valence-corrected chi connectivity index (χ1v) is 5.39. The van der Waals surface area contributed by atoms with Gasteiger partial charge in [0.1, 0.15) is 5.75 Å². The molecule has 0 unspecified atom stereocenters. The van der Waals surface area contributed by atoms with Crippen molar-refractivity contribution in [1.82, 2.24) is 0 Å². The van der Waals surface area contributed by atoms with E-state index in [9.17, 15) is 9.90 Å². The molecule has 2 aromatic rings. The lowest BCUT2D eigenvalue weighted by Gasteiger charge is -2.06. The molecule has 0 aromatic heterocycles. The highest BCUT2D eigenvalue weighted by molar-refractivity contribution is 6.32. The van der Waals surface area contributed by atoms with Crippen molar-refractivity contribution < 1.29 is 9.90 Å². The van der Waals surface area contributed by atoms with E-state index in [4.69, 9.17) is 11.6 Å². The van der Waals surface area contributed by atoms with Crippen molar-refractivity contribution in [3.05, 3.63) is 59.1 Å². The Morgan fingerprint density at radius 1 is 1.12 bits per heavy atom. The molecule has 2 N–H and O–H groups in total. The molecule has 0 saturated heterocycles. The minimum absolute atomic E-state index is 0.00984. The number of hydrogen-bond donors (Lipinski definition) is 2. The number of amides is 1. The molecule has 2 aromatic carbocycles. The highest BCUT2D eigenvalue weighted by atomic mass is 35.5. The molecule has 0 spiro atoms. The number of carbonyl (C=O) groups is 1. The number of benzene rings is 2. The highest BCUT2D eigenvalue weighted by Gasteiger charge is 2.06. The third-order valence-corrected chi connectivity index (χ3v) is 2.54. The second kappa shape index (κ2) is 4.89. The first kappa shape index (κ1) is 11.5. The Labute approximate surface area is 104 Å². The van der Waals surface area contributed by atoms with Gasteiger partial charge in [0.2, 0.25) is 0 Å². The van der Waals surface area contributed by atoms with Crippen LogP contribution in [0.2, 0.25) is 5.02 Å². The number of phenolic OH excluding ortho intramolecular Hbond substituents is 1. The molecule has 0 atom stereocenters. The van der Waals surface area contributed by atoms with E-state index in [1.165, 1.54) is 12.1 Å². The average Bonchev–Trinajstić information content (AvgIpc) is 2.35. The summed E-state index contributed by atoms with van der Waals surface area (Å²) in [7, 11) is 0. The lowest BCUT2D eigenvalue weighted by Crippen LogP contribution is -2.11. The molecule has 4 heteroatoms. The molecule has 0 bridgehead atoms. The lowest BCUT2D eigenvalue weighted by molar-refractivity contribution is 0.102. The predicted octanol–water partition coefficient (Wildman–Crippen LogP) is 3.30. The van der Waals surface area contributed by atoms with Gasteiger partial charge in [-0.2, -0.15) is 0 Å². The van der Waals surface area contributed by atoms with Crippen LogP contribution < -0.4 is 5.32 Å². The van der Waals surface area contributed by atoms with Crippen molar-refractivity contribution in [2.45, 2.75) is 0 Å². The first-order chi connectivity index (χ1) is 8.16. The van der Waals surface area contributed by atoms with Gasteiger partial charge in [0.05, 0.1) is 5.02 Å². The Hall–Kier alpha value is -2.00. The van der Waals surface area contributed by atoms with E-state index in [-0.39, 0.29) is 16.7 Å². The Morgan fingerprint density at radius 3 is 2.47 bits per heavy atom. The molecule has 0 aliphatic heterocycles. The molecule has 0 heterocycles. The van der Waals surface area contributed by atoms with Crippen LogP contribution in [0.3, 0.4) is 0 Å². The standard InChI is InChI=1S/C13H10ClNO2/c14-11-8-10(6-7-12(11)16)15-13(17)9-4-2-1-3-5-9/h1-8,16H,(H,15,17). The molecule has 0 fully saturated rings. The summed E-state index contributed by atoms with van der Waals surface area (Å²) in [6.45, 7) is 0. The van der Waals surface area contributed by atoms with Crippen molar-refractivity contribution in [1.29, 1.82) is 0 Å². The van der Waals surface area contributed by atoms with E-state index in [0.717, 1.165) is 0 Å². The van der Waals surface area contributed by atoms with E-state index >= 15 is 0 Å². The van der Waals surface area contributed by atoms with Gasteiger partial charge >= 0.3 is 0 Å². The average molecular weight is 248 g/mol. The topological polar surface area (TPSA) is 49.3 Å². The van der Waals surface area contributed by atoms with Crippen LogP contribution in [0.5, 0.6) is 5.75 Å². The van der Waals surface area contributed by atoms with Crippen molar-refractivity contribution in [3.63, 3.8) is 0 Å². The van der Waals surface area contributed by atoms with Gasteiger partial charge in [-0.15, -0.1) is 0 Å². The second-order valence-corrected chi connectivity index (χ2v) is 3.89. The van der Waals surface area contributed by atoms with Gasteiger partial charge in [-0.25, -0.2) is 0 Å². The monoisotopic (exact) mass is 247 g/mol. The minimum atomic E-state index is -0.215. The fraction of sp³-hybridized carbons (Fsp3) is 0. The molecule has 2 rings (SSSR count). The van der Waals surface area contributed by atoms with Crippen LogP contribution in [-0.2, 0) is 0 Å². The first-order valence-electron chi connectivity index (χ1n) is 5.02. The summed E-state index contributed by atoms with van der Waals surface area (Å²) >= 11 is 5.74. The summed E-state index contributed by atoms with van der Waals surface area (Å²) in [5, 5.41) is 12.1. The Morgan fingerprint density at radius 2 is 1.82 bits per heavy atom. The van der Waals surface area contributed by atoms with Crippen molar-refractivity contribution in [2.75, 3.05) is 5.32 Å². The van der Waals surface area contributed by atoms with Crippen molar-refractivity contribution >= 4 is 23.2 Å². The molecule has 0 aliphatic rings. The van der Waals surface area contributed by atoms with E-state index in [2.05, 4.69) is 5.32 Å². The maximum absolute atomic E-state index is 11.8. The van der Waals surface area contributed by atoms with E-state index in [1.807, 2.05) is 6.07 Å². The fourth-order valence-electron chi connectivity index (χ4n) is 1.38. The number of hydrogen-bond acceptors (Lipinski definition) is 2. The quantitative estimate of drug-likeness (QED) is 0.800. The summed E-state index contributed by atoms with van der Waals surface area (Å²) in [5.41, 5.74) is 1.11. The third-order valence-electron chi connectivity index (χ3n) is 2.24. The smallest absolute Gasteiger partial charge is 0.255 e. The Bertz CT molecular complexity index is 540. The minimum Gasteiger partial charge on any atom is -0.506 e. The number of nitrogens with one attached hydrogen (secondary N) is 1. The molecule has 0 radical (unpaired) electrons. The van der Waals surface area contributed by atoms with Crippen LogP contribution in [0.15, 0.2) is 48.5 Å². The Kier molecular flexibility index (Phi) is 3.30. The maximum Gasteiger partial charge on any atom is 0.255 e. The van der Waals surface area contributed by atoms with Gasteiger partial charge in [0, 0.05) is 11.3 Å². The van der Waals surface area contributed by atoms with E-state index in [1.54, 1.807) is 30.3 Å². The molecule has 0 saturated carbocycles. The second-order valence-electron chi connectivity index (χ2n) is 3.49. The zero-order chi connectivity index (χ0) is 12.3. The molecule has 1 amide bonds. The zero-order valence-corrected chi connectivity index (χ0v) is 9.61. The van der Waals surface area contributed by atoms with Crippen molar-refractivity contribution in [3.8, 4) is 5.75 Å². The molecule has 3 nitrogen and oxygen atoms in total. The SMILES string of the molecule is O=C(Nc1ccc(O)c(Cl)c1)c1ccccc1. The molecule has 17 heavy (non-hydrogen) atoms. The number of rotatable bonds is 2. The van der Waals surface area contributed by atoms with Crippen LogP contribution in [0.25, 0.3) is 0 Å². The third kappa shape index (κ3) is 2.77. The highest BCUT2D eigenvalue weighted by Crippen LogP contribution is 2.26. The van der Waals surface area contributed by atoms with Crippen LogP contribution in [0.1, 0.15) is 10.4 Å². The van der Waals surface area contributed by atoms with Crippen LogP contribution >= 0.6 is 11.6 Å². The Balaban J connectivity index is 2.16. The number of phenols is 1. The molecule has 86 valence electrons. The summed E-state index contributed by atoms with van der Waals surface area (Å²) in [6.07, 6.45) is 0. The maximum atomic E-state index is 11.8. The predicted molar refractivity (Wildman–Crippen MR) is 67.5 cm³/mol. The van der Waals surface area contributed by atoms with Crippen LogP contribution in [0, 0.1) is 0 Å². The van der Waals surface area contributed by atoms with E-state index < -0.39 is 0 Å². The number of anilines is 1. The largest absolute Gasteiger partial charge is 0.506 e. The van der Waals surface area contributed by atoms with Gasteiger partial charge in [0.15, 0.2) is 0 Å². The van der Waals surface area contributed by atoms with Crippen LogP contribution in [-0.4, -0.2) is 11.0 Å². The fourth-order valence-corrected chi connectivity index (χ4v) is 1.56. The summed E-state index contributed by atoms with van der Waals surface area (Å²) < 4.78 is 0. The number of halogens is 1. The van der Waals surface area contributed by atoms with Gasteiger partial charge < -0.3 is 10.4 Å². The summed E-state index contributed by atoms with van der Waals surface area (Å²) in [5.74, 6) is -0.225. The van der Waals surface area contributed by atoms with Crippen LogP contribution in [0.4, 0.5) is 5.69 Å². The van der Waals surface area contributed by atoms with Gasteiger partial charge in [-0.05, 0) is 30.3 Å². The van der Waals surface area contributed by atoms with E-state index in [0.29, 0.717) is 11.3 Å². The molecular weight excluding hydrogens is 238 g/mol. The van der Waals surface area contributed by atoms with Crippen molar-refractivity contribution in [2.24, 2.45) is 0 Å². The van der Waals surface area contributed by atoms with Gasteiger partial charge in [-0.3, -0.25) is 4.79 Å². The lowest BCUT2D eigenvalue weighted by atomic mass is 10.2. The molecular formula is C13H10ClNO2.